The standard InChI is InChI=1S/C22H26N6/c1-13-24-21-17(11-20(23)27-22(21)25-13)19-10-15-9-14(7-8-18(15)26-19)12-28(2)16-5-3-4-6-16/h7-11,16,26H,3-6,12H2,1-2H3,(H3,23,24,25,27). The molecule has 4 aromatic rings. The second kappa shape index (κ2) is 6.63. The molecule has 0 atom stereocenters. The van der Waals surface area contributed by atoms with Crippen LogP contribution in [0.5, 0.6) is 0 Å². The number of imidazole rings is 1. The fourth-order valence-electron chi connectivity index (χ4n) is 4.52. The molecular formula is C22H26N6. The van der Waals surface area contributed by atoms with E-state index in [1.807, 2.05) is 13.0 Å². The Balaban J connectivity index is 1.50. The Morgan fingerprint density at radius 2 is 1.93 bits per heavy atom. The van der Waals surface area contributed by atoms with Crippen LogP contribution >= 0.6 is 0 Å². The van der Waals surface area contributed by atoms with E-state index in [2.05, 4.69) is 56.1 Å². The molecule has 6 heteroatoms. The molecule has 0 radical (unpaired) electrons. The highest BCUT2D eigenvalue weighted by atomic mass is 15.1. The van der Waals surface area contributed by atoms with Crippen molar-refractivity contribution in [2.45, 2.75) is 45.2 Å². The number of aromatic nitrogens is 4. The van der Waals surface area contributed by atoms with Gasteiger partial charge in [-0.25, -0.2) is 9.97 Å². The number of anilines is 1. The Labute approximate surface area is 164 Å². The maximum Gasteiger partial charge on any atom is 0.160 e. The number of nitrogens with zero attached hydrogens (tertiary/aromatic N) is 3. The molecule has 3 aromatic heterocycles. The molecule has 1 aromatic carbocycles. The van der Waals surface area contributed by atoms with Crippen LogP contribution in [0.15, 0.2) is 30.3 Å². The van der Waals surface area contributed by atoms with Gasteiger partial charge in [0.25, 0.3) is 0 Å². The predicted molar refractivity (Wildman–Crippen MR) is 114 cm³/mol. The number of nitrogens with two attached hydrogens (primary N) is 1. The van der Waals surface area contributed by atoms with Crippen LogP contribution in [0.1, 0.15) is 37.1 Å². The van der Waals surface area contributed by atoms with E-state index >= 15 is 0 Å². The van der Waals surface area contributed by atoms with Gasteiger partial charge in [0.05, 0.1) is 0 Å². The number of nitrogens with one attached hydrogen (secondary N) is 2. The Morgan fingerprint density at radius 3 is 2.75 bits per heavy atom. The number of benzene rings is 1. The summed E-state index contributed by atoms with van der Waals surface area (Å²) in [6.45, 7) is 2.92. The van der Waals surface area contributed by atoms with Crippen molar-refractivity contribution in [2.24, 2.45) is 0 Å². The van der Waals surface area contributed by atoms with Crippen LogP contribution in [0.3, 0.4) is 0 Å². The first kappa shape index (κ1) is 17.3. The van der Waals surface area contributed by atoms with Crippen LogP contribution in [0.2, 0.25) is 0 Å². The molecule has 1 fully saturated rings. The molecule has 0 unspecified atom stereocenters. The number of hydrogen-bond acceptors (Lipinski definition) is 4. The zero-order valence-electron chi connectivity index (χ0n) is 16.4. The molecule has 28 heavy (non-hydrogen) atoms. The van der Waals surface area contributed by atoms with E-state index in [-0.39, 0.29) is 0 Å². The summed E-state index contributed by atoms with van der Waals surface area (Å²) in [7, 11) is 2.25. The lowest BCUT2D eigenvalue weighted by Crippen LogP contribution is -2.28. The van der Waals surface area contributed by atoms with Crippen molar-refractivity contribution < 1.29 is 0 Å². The molecule has 144 valence electrons. The first-order chi connectivity index (χ1) is 13.6. The quantitative estimate of drug-likeness (QED) is 0.495. The zero-order chi connectivity index (χ0) is 19.3. The Hall–Kier alpha value is -2.86. The topological polar surface area (TPSA) is 86.6 Å². The van der Waals surface area contributed by atoms with E-state index in [4.69, 9.17) is 5.73 Å². The largest absolute Gasteiger partial charge is 0.384 e. The third-order valence-corrected chi connectivity index (χ3v) is 5.95. The maximum absolute atomic E-state index is 6.03. The van der Waals surface area contributed by atoms with Gasteiger partial charge < -0.3 is 15.7 Å². The van der Waals surface area contributed by atoms with Crippen LogP contribution in [0.25, 0.3) is 33.3 Å². The number of hydrogen-bond donors (Lipinski definition) is 3. The summed E-state index contributed by atoms with van der Waals surface area (Å²) < 4.78 is 0. The summed E-state index contributed by atoms with van der Waals surface area (Å²) in [6.07, 6.45) is 5.39. The highest BCUT2D eigenvalue weighted by molar-refractivity contribution is 5.95. The van der Waals surface area contributed by atoms with Gasteiger partial charge in [-0.05, 0) is 56.6 Å². The van der Waals surface area contributed by atoms with Gasteiger partial charge in [0.15, 0.2) is 5.65 Å². The Morgan fingerprint density at radius 1 is 1.11 bits per heavy atom. The molecule has 1 saturated carbocycles. The van der Waals surface area contributed by atoms with Crippen molar-refractivity contribution in [3.05, 3.63) is 41.7 Å². The number of rotatable bonds is 4. The van der Waals surface area contributed by atoms with Gasteiger partial charge in [0, 0.05) is 34.7 Å². The normalized spacial score (nSPS) is 15.4. The average Bonchev–Trinajstić information content (AvgIpc) is 3.39. The highest BCUT2D eigenvalue weighted by Crippen LogP contribution is 2.31. The van der Waals surface area contributed by atoms with E-state index in [1.165, 1.54) is 36.6 Å². The van der Waals surface area contributed by atoms with Crippen molar-refractivity contribution in [1.82, 2.24) is 24.8 Å². The molecule has 3 heterocycles. The summed E-state index contributed by atoms with van der Waals surface area (Å²) in [5.74, 6) is 1.33. The van der Waals surface area contributed by atoms with Crippen molar-refractivity contribution in [2.75, 3.05) is 12.8 Å². The van der Waals surface area contributed by atoms with Gasteiger partial charge in [-0.3, -0.25) is 4.90 Å². The fraction of sp³-hybridized carbons (Fsp3) is 0.364. The molecule has 0 bridgehead atoms. The number of H-pyrrole nitrogens is 2. The van der Waals surface area contributed by atoms with Crippen molar-refractivity contribution in [3.63, 3.8) is 0 Å². The summed E-state index contributed by atoms with van der Waals surface area (Å²) in [5, 5.41) is 1.21. The Bertz CT molecular complexity index is 1150. The predicted octanol–water partition coefficient (Wildman–Crippen LogP) is 4.37. The van der Waals surface area contributed by atoms with Crippen LogP contribution in [0, 0.1) is 6.92 Å². The van der Waals surface area contributed by atoms with E-state index in [1.54, 1.807) is 0 Å². The smallest absolute Gasteiger partial charge is 0.160 e. The van der Waals surface area contributed by atoms with E-state index in [9.17, 15) is 0 Å². The lowest BCUT2D eigenvalue weighted by Gasteiger charge is -2.24. The monoisotopic (exact) mass is 374 g/mol. The van der Waals surface area contributed by atoms with Gasteiger partial charge in [0.2, 0.25) is 0 Å². The minimum Gasteiger partial charge on any atom is -0.384 e. The number of aryl methyl sites for hydroxylation is 1. The molecule has 0 saturated heterocycles. The van der Waals surface area contributed by atoms with Gasteiger partial charge in [-0.2, -0.15) is 0 Å². The second-order valence-electron chi connectivity index (χ2n) is 8.07. The first-order valence-corrected chi connectivity index (χ1v) is 10.0. The zero-order valence-corrected chi connectivity index (χ0v) is 16.4. The minimum absolute atomic E-state index is 0.490. The van der Waals surface area contributed by atoms with Gasteiger partial charge in [-0.15, -0.1) is 0 Å². The number of fused-ring (bicyclic) bond motifs is 2. The molecule has 6 nitrogen and oxygen atoms in total. The van der Waals surface area contributed by atoms with Crippen LogP contribution in [-0.2, 0) is 6.54 Å². The SMILES string of the molecule is Cc1nc2c(-c3cc4cc(CN(C)C5CCCC5)ccc4[nH]3)cc(N)nc2[nH]1. The number of nitrogen functional groups attached to an aromatic ring is 1. The van der Waals surface area contributed by atoms with Gasteiger partial charge in [-0.1, -0.05) is 18.9 Å². The van der Waals surface area contributed by atoms with Gasteiger partial charge >= 0.3 is 0 Å². The molecular weight excluding hydrogens is 348 g/mol. The van der Waals surface area contributed by atoms with E-state index in [0.717, 1.165) is 46.3 Å². The molecule has 4 N–H and O–H groups in total. The summed E-state index contributed by atoms with van der Waals surface area (Å²) in [6, 6.07) is 11.5. The van der Waals surface area contributed by atoms with Crippen LogP contribution in [-0.4, -0.2) is 37.9 Å². The Kier molecular flexibility index (Phi) is 4.09. The molecule has 1 aliphatic rings. The summed E-state index contributed by atoms with van der Waals surface area (Å²) >= 11 is 0. The van der Waals surface area contributed by atoms with Crippen LogP contribution in [0.4, 0.5) is 5.82 Å². The van der Waals surface area contributed by atoms with E-state index < -0.39 is 0 Å². The van der Waals surface area contributed by atoms with Crippen molar-refractivity contribution in [3.8, 4) is 11.3 Å². The lowest BCUT2D eigenvalue weighted by molar-refractivity contribution is 0.237. The van der Waals surface area contributed by atoms with Crippen molar-refractivity contribution >= 4 is 27.9 Å². The molecule has 1 aliphatic carbocycles. The molecule has 0 aliphatic heterocycles. The van der Waals surface area contributed by atoms with Crippen LogP contribution < -0.4 is 5.73 Å². The van der Waals surface area contributed by atoms with E-state index in [0.29, 0.717) is 5.82 Å². The average molecular weight is 374 g/mol. The number of pyridine rings is 1. The minimum atomic E-state index is 0.490. The third-order valence-electron chi connectivity index (χ3n) is 5.95. The first-order valence-electron chi connectivity index (χ1n) is 10.0. The summed E-state index contributed by atoms with van der Waals surface area (Å²) in [4.78, 5) is 18.2. The molecule has 0 amide bonds. The molecule has 0 spiro atoms. The lowest BCUT2D eigenvalue weighted by atomic mass is 10.1. The number of aromatic amines is 2. The second-order valence-corrected chi connectivity index (χ2v) is 8.07. The third kappa shape index (κ3) is 3.03. The highest BCUT2D eigenvalue weighted by Gasteiger charge is 2.19. The van der Waals surface area contributed by atoms with Crippen molar-refractivity contribution in [1.29, 1.82) is 0 Å². The fourth-order valence-corrected chi connectivity index (χ4v) is 4.52. The summed E-state index contributed by atoms with van der Waals surface area (Å²) in [5.41, 5.74) is 12.1. The molecule has 5 rings (SSSR count). The van der Waals surface area contributed by atoms with Gasteiger partial charge in [0.1, 0.15) is 17.2 Å². The maximum atomic E-state index is 6.03.